The van der Waals surface area contributed by atoms with E-state index in [1.165, 1.54) is 38.6 Å². The summed E-state index contributed by atoms with van der Waals surface area (Å²) in [6.45, 7) is 7.78. The highest BCUT2D eigenvalue weighted by Gasteiger charge is 2.26. The summed E-state index contributed by atoms with van der Waals surface area (Å²) in [4.78, 5) is 90.3. The van der Waals surface area contributed by atoms with Crippen molar-refractivity contribution < 1.29 is 55.4 Å². The molecule has 0 unspecified atom stereocenters. The highest BCUT2D eigenvalue weighted by molar-refractivity contribution is 7.51. The molecule has 2 aromatic carbocycles. The Morgan fingerprint density at radius 1 is 0.662 bits per heavy atom. The number of likely N-dealkylation sites (N-methyl/N-ethyl adjacent to an activating group) is 2. The molecule has 0 saturated carbocycles. The summed E-state index contributed by atoms with van der Waals surface area (Å²) in [6.07, 6.45) is -4.96. The summed E-state index contributed by atoms with van der Waals surface area (Å²) in [5.41, 5.74) is 4.41. The molecule has 0 spiro atoms. The van der Waals surface area contributed by atoms with E-state index in [-0.39, 0.29) is 67.9 Å². The van der Waals surface area contributed by atoms with Crippen LogP contribution in [0.5, 0.6) is 0 Å². The molecule has 4 aromatic heterocycles. The molecule has 4 heterocycles. The van der Waals surface area contributed by atoms with Crippen LogP contribution in [0, 0.1) is 17.8 Å². The van der Waals surface area contributed by atoms with Crippen LogP contribution >= 0.6 is 23.2 Å². The van der Waals surface area contributed by atoms with E-state index in [1.54, 1.807) is 95.5 Å². The number of nitrogens with two attached hydrogens (primary N) is 1. The van der Waals surface area contributed by atoms with Gasteiger partial charge in [0.05, 0.1) is 13.1 Å². The van der Waals surface area contributed by atoms with Gasteiger partial charge in [-0.3, -0.25) is 37.9 Å². The molecule has 0 aliphatic carbocycles. The number of aliphatic hydroxyl groups is 2. The summed E-state index contributed by atoms with van der Waals surface area (Å²) in [5, 5.41) is 29.1. The number of carbonyl (C=O) groups excluding carboxylic acids is 4. The van der Waals surface area contributed by atoms with E-state index >= 15 is 0 Å². The smallest absolute Gasteiger partial charge is 0.335 e. The van der Waals surface area contributed by atoms with Gasteiger partial charge in [0.1, 0.15) is 41.3 Å². The highest BCUT2D eigenvalue weighted by Crippen LogP contribution is 2.20. The fourth-order valence-electron chi connectivity index (χ4n) is 7.32. The number of amides is 4. The Labute approximate surface area is 471 Å². The molecule has 27 heteroatoms. The summed E-state index contributed by atoms with van der Waals surface area (Å²) < 4.78 is 65.6. The third-order valence-corrected chi connectivity index (χ3v) is 12.0. The number of benzene rings is 2. The summed E-state index contributed by atoms with van der Waals surface area (Å²) in [7, 11) is 3.16. The first-order chi connectivity index (χ1) is 37.6. The molecule has 0 atom stereocenters. The Bertz CT molecular complexity index is 3240. The fourth-order valence-corrected chi connectivity index (χ4v) is 7.57. The lowest BCUT2D eigenvalue weighted by molar-refractivity contribution is -0.132. The molecule has 4 amide bonds. The van der Waals surface area contributed by atoms with Crippen molar-refractivity contribution in [3.63, 3.8) is 0 Å². The minimum absolute atomic E-state index is 0.0617. The molecular formula is C53H64Cl2F4N10O10S. The van der Waals surface area contributed by atoms with E-state index in [1.807, 2.05) is 13.8 Å². The summed E-state index contributed by atoms with van der Waals surface area (Å²) in [6, 6.07) is 23.2. The number of nitrogens with one attached hydrogen (secondary N) is 3. The summed E-state index contributed by atoms with van der Waals surface area (Å²) in [5.74, 6) is -1.89. The monoisotopic (exact) mass is 1180 g/mol. The lowest BCUT2D eigenvalue weighted by atomic mass is 9.94. The SMILES string of the molecule is CN(CC(C)(C)CO)C(=O)Cn1c(=O)c(C(=O)NCc2ccc(Cl)cc2)cc2ccc(NCC(F)F)nc21.Cc1ccc2cc(C(=O)NCc3ccc(Cl)cc3)c(=O)n(CC(=O)N(C)CC(C)(C)CO)c2n1.NCC(F)F.O=S=O. The fraction of sp³-hybridized carbons (Fsp3) is 0.396. The molecule has 80 heavy (non-hydrogen) atoms. The third kappa shape index (κ3) is 21.1. The maximum atomic E-state index is 13.5. The van der Waals surface area contributed by atoms with Crippen LogP contribution in [-0.2, 0) is 47.3 Å². The number of aliphatic hydroxyl groups excluding tert-OH is 2. The van der Waals surface area contributed by atoms with Gasteiger partial charge in [0.2, 0.25) is 11.8 Å². The van der Waals surface area contributed by atoms with E-state index in [9.17, 15) is 56.5 Å². The number of fused-ring (bicyclic) bond motifs is 2. The van der Waals surface area contributed by atoms with Crippen LogP contribution in [-0.4, -0.2) is 138 Å². The second kappa shape index (κ2) is 31.6. The Balaban J connectivity index is 0.000000372. The molecule has 0 aliphatic heterocycles. The topological polar surface area (TPSA) is 281 Å². The molecular weight excluding hydrogens is 1120 g/mol. The van der Waals surface area contributed by atoms with Crippen molar-refractivity contribution in [3.05, 3.63) is 144 Å². The van der Waals surface area contributed by atoms with Crippen molar-refractivity contribution in [1.29, 1.82) is 0 Å². The zero-order chi connectivity index (χ0) is 60.1. The first-order valence-electron chi connectivity index (χ1n) is 24.3. The van der Waals surface area contributed by atoms with Crippen LogP contribution in [0.2, 0.25) is 10.0 Å². The Morgan fingerprint density at radius 3 is 1.40 bits per heavy atom. The summed E-state index contributed by atoms with van der Waals surface area (Å²) >= 11 is 11.0. The molecule has 6 aromatic rings. The van der Waals surface area contributed by atoms with Crippen molar-refractivity contribution in [2.45, 2.75) is 73.6 Å². The first-order valence-corrected chi connectivity index (χ1v) is 25.7. The predicted molar refractivity (Wildman–Crippen MR) is 297 cm³/mol. The van der Waals surface area contributed by atoms with Crippen LogP contribution in [0.25, 0.3) is 22.1 Å². The Hall–Kier alpha value is -7.16. The molecule has 7 N–H and O–H groups in total. The van der Waals surface area contributed by atoms with Gasteiger partial charge in [-0.15, -0.1) is 0 Å². The second-order valence-electron chi connectivity index (χ2n) is 19.6. The van der Waals surface area contributed by atoms with Crippen molar-refractivity contribution >= 4 is 86.3 Å². The van der Waals surface area contributed by atoms with Gasteiger partial charge in [0.25, 0.3) is 35.8 Å². The van der Waals surface area contributed by atoms with Gasteiger partial charge < -0.3 is 41.7 Å². The highest BCUT2D eigenvalue weighted by atomic mass is 35.5. The number of anilines is 1. The molecule has 0 fully saturated rings. The van der Waals surface area contributed by atoms with Gasteiger partial charge in [0, 0.05) is 90.8 Å². The number of hydrogen-bond acceptors (Lipinski definition) is 14. The molecule has 434 valence electrons. The maximum absolute atomic E-state index is 13.5. The number of hydrogen-bond donors (Lipinski definition) is 6. The van der Waals surface area contributed by atoms with Crippen LogP contribution in [0.3, 0.4) is 0 Å². The van der Waals surface area contributed by atoms with Gasteiger partial charge in [-0.25, -0.2) is 27.5 Å². The number of rotatable bonds is 20. The van der Waals surface area contributed by atoms with E-state index < -0.39 is 83.7 Å². The average molecular weight is 1180 g/mol. The number of aromatic nitrogens is 4. The van der Waals surface area contributed by atoms with Crippen LogP contribution in [0.4, 0.5) is 23.4 Å². The van der Waals surface area contributed by atoms with Crippen LogP contribution in [0.15, 0.2) is 94.5 Å². The normalized spacial score (nSPS) is 11.1. The van der Waals surface area contributed by atoms with Gasteiger partial charge in [-0.05, 0) is 78.7 Å². The number of aryl methyl sites for hydroxylation is 1. The number of pyridine rings is 4. The van der Waals surface area contributed by atoms with E-state index in [2.05, 4.69) is 31.7 Å². The minimum atomic E-state index is -2.62. The largest absolute Gasteiger partial charge is 0.396 e. The van der Waals surface area contributed by atoms with E-state index in [0.29, 0.717) is 38.7 Å². The number of halogens is 6. The average Bonchev–Trinajstić information content (AvgIpc) is 3.41. The van der Waals surface area contributed by atoms with Crippen LogP contribution in [0.1, 0.15) is 65.2 Å². The zero-order valence-electron chi connectivity index (χ0n) is 44.9. The van der Waals surface area contributed by atoms with Crippen molar-refractivity contribution in [2.75, 3.05) is 58.8 Å². The van der Waals surface area contributed by atoms with Gasteiger partial charge in [-0.2, -0.15) is 8.42 Å². The lowest BCUT2D eigenvalue weighted by Crippen LogP contribution is -2.41. The third-order valence-electron chi connectivity index (χ3n) is 11.5. The molecule has 0 saturated heterocycles. The first kappa shape index (κ1) is 67.1. The molecule has 20 nitrogen and oxygen atoms in total. The van der Waals surface area contributed by atoms with Crippen molar-refractivity contribution in [1.82, 2.24) is 39.5 Å². The Morgan fingerprint density at radius 2 is 1.04 bits per heavy atom. The molecule has 0 aliphatic rings. The Kier molecular flexibility index (Phi) is 26.5. The zero-order valence-corrected chi connectivity index (χ0v) is 47.2. The maximum Gasteiger partial charge on any atom is 0.335 e. The number of alkyl halides is 4. The predicted octanol–water partition coefficient (Wildman–Crippen LogP) is 5.44. The quantitative estimate of drug-likeness (QED) is 0.0520. The van der Waals surface area contributed by atoms with Gasteiger partial charge in [-0.1, -0.05) is 75.2 Å². The van der Waals surface area contributed by atoms with E-state index in [4.69, 9.17) is 31.6 Å². The van der Waals surface area contributed by atoms with Crippen molar-refractivity contribution in [3.8, 4) is 0 Å². The molecule has 6 rings (SSSR count). The van der Waals surface area contributed by atoms with Gasteiger partial charge in [0.15, 0.2) is 0 Å². The second-order valence-corrected chi connectivity index (χ2v) is 20.6. The minimum Gasteiger partial charge on any atom is -0.396 e. The molecule has 0 bridgehead atoms. The van der Waals surface area contributed by atoms with Crippen molar-refractivity contribution in [2.24, 2.45) is 16.6 Å². The van der Waals surface area contributed by atoms with Gasteiger partial charge >= 0.3 is 11.6 Å². The lowest BCUT2D eigenvalue weighted by Gasteiger charge is -2.28. The number of nitrogens with zero attached hydrogens (tertiary/aromatic N) is 6. The number of carbonyl (C=O) groups is 4. The van der Waals surface area contributed by atoms with Crippen LogP contribution < -0.4 is 32.8 Å². The standard InChI is InChI=1S/C26H30ClF2N5O4.C25H29ClN4O4.C2H5F2N.O2S/c1-26(2,15-35)14-33(3)22(36)13-34-23-17(6-9-21(32-23)30-12-20(28)29)10-19(25(34)38)24(37)31-11-16-4-7-18(27)8-5-16;1-16-5-8-18-11-20(23(33)27-12-17-6-9-19(26)10-7-17)24(34)30(22(18)28-16)13-21(32)29(4)14-25(2,3)15-31;3-2(4)1-5;1-3-2/h4-10,20,35H,11-15H2,1-3H3,(H,30,32)(H,31,37);5-11,31H,12-15H2,1-4H3,(H,27,33);2H,1,5H2;. The van der Waals surface area contributed by atoms with E-state index in [0.717, 1.165) is 15.7 Å². The molecule has 0 radical (unpaired) electrons.